The van der Waals surface area contributed by atoms with E-state index in [1.165, 1.54) is 16.2 Å². The fourth-order valence-electron chi connectivity index (χ4n) is 2.10. The average molecular weight is 279 g/mol. The lowest BCUT2D eigenvalue weighted by molar-refractivity contribution is 0.101. The van der Waals surface area contributed by atoms with Crippen molar-refractivity contribution in [1.29, 1.82) is 0 Å². The molecule has 0 fully saturated rings. The Hall–Kier alpha value is -1.96. The molecule has 0 radical (unpaired) electrons. The summed E-state index contributed by atoms with van der Waals surface area (Å²) in [7, 11) is 0. The second kappa shape index (κ2) is 4.61. The molecular weight excluding hydrogens is 266 g/mol. The molecule has 0 spiro atoms. The smallest absolute Gasteiger partial charge is 0.283 e. The van der Waals surface area contributed by atoms with Crippen LogP contribution in [0.1, 0.15) is 34.4 Å². The van der Waals surface area contributed by atoms with Crippen molar-refractivity contribution >= 4 is 28.2 Å². The first kappa shape index (κ1) is 12.1. The highest BCUT2D eigenvalue weighted by Gasteiger charge is 2.22. The summed E-state index contributed by atoms with van der Waals surface area (Å²) in [5.74, 6) is 0.206. The summed E-state index contributed by atoms with van der Waals surface area (Å²) in [6.07, 6.45) is 3.14. The van der Waals surface area contributed by atoms with Crippen LogP contribution in [0.4, 0.5) is 10.9 Å². The van der Waals surface area contributed by atoms with Gasteiger partial charge in [0.15, 0.2) is 5.13 Å². The maximum Gasteiger partial charge on any atom is 0.283 e. The van der Waals surface area contributed by atoms with Crippen LogP contribution >= 0.6 is 11.3 Å². The number of nitrogen functional groups attached to an aromatic ring is 1. The molecular formula is C11H13N5O2S. The molecule has 7 nitrogen and oxygen atoms in total. The molecule has 2 heterocycles. The van der Waals surface area contributed by atoms with Gasteiger partial charge in [0, 0.05) is 4.88 Å². The van der Waals surface area contributed by atoms with E-state index in [0.29, 0.717) is 11.0 Å². The summed E-state index contributed by atoms with van der Waals surface area (Å²) in [5, 5.41) is 10.1. The minimum Gasteiger partial charge on any atom is -0.379 e. The number of aromatic nitrogens is 3. The quantitative estimate of drug-likeness (QED) is 0.862. The molecule has 0 aromatic carbocycles. The van der Waals surface area contributed by atoms with E-state index < -0.39 is 5.91 Å². The lowest BCUT2D eigenvalue weighted by Crippen LogP contribution is -2.14. The molecule has 1 amide bonds. The number of nitrogens with zero attached hydrogens (tertiary/aromatic N) is 3. The van der Waals surface area contributed by atoms with E-state index in [9.17, 15) is 4.79 Å². The van der Waals surface area contributed by atoms with E-state index in [-0.39, 0.29) is 11.5 Å². The lowest BCUT2D eigenvalue weighted by Gasteiger charge is -2.15. The molecule has 1 atom stereocenters. The molecule has 3 N–H and O–H groups in total. The van der Waals surface area contributed by atoms with E-state index in [2.05, 4.69) is 32.2 Å². The standard InChI is InChI=1S/C11H13N5O2S/c1-5-2-3-6-7(4-5)19-11(13-6)14-10(17)8-9(12)16-18-15-8/h5H,2-4H2,1H3,(H2,12,16)(H,13,14,17)/t5-/m0/s1. The number of thiazole rings is 1. The van der Waals surface area contributed by atoms with Crippen LogP contribution in [0.15, 0.2) is 4.63 Å². The Balaban J connectivity index is 1.78. The summed E-state index contributed by atoms with van der Waals surface area (Å²) >= 11 is 1.51. The van der Waals surface area contributed by atoms with Crippen molar-refractivity contribution in [2.45, 2.75) is 26.2 Å². The first-order valence-electron chi connectivity index (χ1n) is 6.01. The number of anilines is 2. The number of nitrogens with two attached hydrogens (primary N) is 1. The van der Waals surface area contributed by atoms with Gasteiger partial charge in [-0.05, 0) is 35.5 Å². The highest BCUT2D eigenvalue weighted by Crippen LogP contribution is 2.32. The molecule has 0 unspecified atom stereocenters. The third-order valence-electron chi connectivity index (χ3n) is 3.14. The lowest BCUT2D eigenvalue weighted by atomic mass is 9.93. The van der Waals surface area contributed by atoms with E-state index in [1.54, 1.807) is 0 Å². The molecule has 2 aromatic heterocycles. The van der Waals surface area contributed by atoms with Gasteiger partial charge in [0.1, 0.15) is 0 Å². The van der Waals surface area contributed by atoms with Gasteiger partial charge < -0.3 is 5.73 Å². The summed E-state index contributed by atoms with van der Waals surface area (Å²) in [6, 6.07) is 0. The molecule has 1 aliphatic rings. The monoisotopic (exact) mass is 279 g/mol. The van der Waals surface area contributed by atoms with Crippen LogP contribution in [0.3, 0.4) is 0 Å². The second-order valence-electron chi connectivity index (χ2n) is 4.69. The number of fused-ring (bicyclic) bond motifs is 1. The van der Waals surface area contributed by atoms with Crippen molar-refractivity contribution < 1.29 is 9.42 Å². The van der Waals surface area contributed by atoms with Gasteiger partial charge in [-0.25, -0.2) is 9.61 Å². The third kappa shape index (κ3) is 2.30. The van der Waals surface area contributed by atoms with Gasteiger partial charge in [-0.3, -0.25) is 10.1 Å². The number of amides is 1. The zero-order chi connectivity index (χ0) is 13.4. The Morgan fingerprint density at radius 3 is 3.11 bits per heavy atom. The van der Waals surface area contributed by atoms with Crippen molar-refractivity contribution in [2.75, 3.05) is 11.1 Å². The Morgan fingerprint density at radius 1 is 1.53 bits per heavy atom. The summed E-state index contributed by atoms with van der Waals surface area (Å²) in [6.45, 7) is 2.22. The summed E-state index contributed by atoms with van der Waals surface area (Å²) in [4.78, 5) is 17.6. The number of hydrogen-bond acceptors (Lipinski definition) is 7. The van der Waals surface area contributed by atoms with E-state index in [0.717, 1.165) is 25.0 Å². The van der Waals surface area contributed by atoms with Crippen molar-refractivity contribution in [3.8, 4) is 0 Å². The third-order valence-corrected chi connectivity index (χ3v) is 4.17. The van der Waals surface area contributed by atoms with Crippen molar-refractivity contribution in [3.05, 3.63) is 16.3 Å². The molecule has 0 saturated carbocycles. The predicted octanol–water partition coefficient (Wildman–Crippen LogP) is 1.49. The fraction of sp³-hybridized carbons (Fsp3) is 0.455. The Labute approximate surface area is 113 Å². The summed E-state index contributed by atoms with van der Waals surface area (Å²) < 4.78 is 4.40. The largest absolute Gasteiger partial charge is 0.379 e. The van der Waals surface area contributed by atoms with Gasteiger partial charge in [-0.15, -0.1) is 11.3 Å². The first-order valence-corrected chi connectivity index (χ1v) is 6.83. The number of carbonyl (C=O) groups is 1. The molecule has 100 valence electrons. The van der Waals surface area contributed by atoms with Crippen molar-refractivity contribution in [2.24, 2.45) is 5.92 Å². The number of rotatable bonds is 2. The molecule has 2 aromatic rings. The van der Waals surface area contributed by atoms with Crippen molar-refractivity contribution in [1.82, 2.24) is 15.3 Å². The van der Waals surface area contributed by atoms with E-state index >= 15 is 0 Å². The molecule has 8 heteroatoms. The van der Waals surface area contributed by atoms with E-state index in [4.69, 9.17) is 5.73 Å². The average Bonchev–Trinajstić information content (AvgIpc) is 2.94. The molecule has 0 saturated heterocycles. The zero-order valence-electron chi connectivity index (χ0n) is 10.3. The van der Waals surface area contributed by atoms with Crippen LogP contribution in [0.2, 0.25) is 0 Å². The van der Waals surface area contributed by atoms with E-state index in [1.807, 2.05) is 0 Å². The topological polar surface area (TPSA) is 107 Å². The van der Waals surface area contributed by atoms with Crippen LogP contribution in [-0.4, -0.2) is 21.2 Å². The summed E-state index contributed by atoms with van der Waals surface area (Å²) in [5.41, 5.74) is 6.54. The molecule has 1 aliphatic carbocycles. The number of carbonyl (C=O) groups excluding carboxylic acids is 1. The minimum absolute atomic E-state index is 0.0125. The second-order valence-corrected chi connectivity index (χ2v) is 5.77. The van der Waals surface area contributed by atoms with Crippen LogP contribution in [-0.2, 0) is 12.8 Å². The number of hydrogen-bond donors (Lipinski definition) is 2. The molecule has 0 aliphatic heterocycles. The van der Waals surface area contributed by atoms with Gasteiger partial charge in [0.2, 0.25) is 11.5 Å². The van der Waals surface area contributed by atoms with Crippen LogP contribution in [0.5, 0.6) is 0 Å². The Morgan fingerprint density at radius 2 is 2.37 bits per heavy atom. The van der Waals surface area contributed by atoms with Gasteiger partial charge in [-0.1, -0.05) is 6.92 Å². The van der Waals surface area contributed by atoms with Crippen molar-refractivity contribution in [3.63, 3.8) is 0 Å². The highest BCUT2D eigenvalue weighted by atomic mass is 32.1. The Bertz CT molecular complexity index is 620. The predicted molar refractivity (Wildman–Crippen MR) is 70.0 cm³/mol. The van der Waals surface area contributed by atoms with Gasteiger partial charge in [-0.2, -0.15) is 0 Å². The highest BCUT2D eigenvalue weighted by molar-refractivity contribution is 7.15. The number of aryl methyl sites for hydroxylation is 1. The first-order chi connectivity index (χ1) is 9.13. The minimum atomic E-state index is -0.446. The Kier molecular flexibility index (Phi) is 2.94. The SMILES string of the molecule is C[C@H]1CCc2nc(NC(=O)c3nonc3N)sc2C1. The molecule has 19 heavy (non-hydrogen) atoms. The van der Waals surface area contributed by atoms with Gasteiger partial charge in [0.05, 0.1) is 5.69 Å². The maximum atomic E-state index is 11.9. The van der Waals surface area contributed by atoms with Crippen LogP contribution in [0, 0.1) is 5.92 Å². The van der Waals surface area contributed by atoms with Gasteiger partial charge in [0.25, 0.3) is 5.91 Å². The number of nitrogens with one attached hydrogen (secondary N) is 1. The van der Waals surface area contributed by atoms with Crippen LogP contribution < -0.4 is 11.1 Å². The van der Waals surface area contributed by atoms with Crippen LogP contribution in [0.25, 0.3) is 0 Å². The zero-order valence-corrected chi connectivity index (χ0v) is 11.2. The maximum absolute atomic E-state index is 11.9. The normalized spacial score (nSPS) is 18.1. The van der Waals surface area contributed by atoms with Gasteiger partial charge >= 0.3 is 0 Å². The molecule has 3 rings (SSSR count). The molecule has 0 bridgehead atoms. The fourth-order valence-corrected chi connectivity index (χ4v) is 3.27.